The number of hydrogen-bond donors (Lipinski definition) is 0. The highest BCUT2D eigenvalue weighted by molar-refractivity contribution is 6.21. The molecule has 12 aromatic rings. The van der Waals surface area contributed by atoms with Gasteiger partial charge in [-0.05, 0) is 110 Å². The van der Waals surface area contributed by atoms with Crippen molar-refractivity contribution >= 4 is 60.9 Å². The van der Waals surface area contributed by atoms with Crippen molar-refractivity contribution < 1.29 is 8.83 Å². The molecule has 10 aromatic carbocycles. The van der Waals surface area contributed by atoms with E-state index in [1.807, 2.05) is 0 Å². The van der Waals surface area contributed by atoms with E-state index < -0.39 is 5.41 Å². The molecule has 0 radical (unpaired) electrons. The quantitative estimate of drug-likeness (QED) is 0.173. The standard InChI is InChI=1S/C61H37NO2/c1-3-16-38(17-4-1)39-32-34-41(35-33-39)62(52-28-14-27-51-59(52)45-22-9-12-26-50(45)61(51)48-24-10-7-20-43(48)44-21-8-11-25-49(44)61)53-29-15-31-55-60(53)47-37-56-46(36-57(47)64-55)58-42(23-13-30-54(58)63-56)40-18-5-2-6-19-40/h1-37H. The first kappa shape index (κ1) is 35.2. The number of anilines is 3. The zero-order valence-electron chi connectivity index (χ0n) is 34.6. The van der Waals surface area contributed by atoms with Gasteiger partial charge in [-0.1, -0.05) is 176 Å². The average molecular weight is 816 g/mol. The van der Waals surface area contributed by atoms with Gasteiger partial charge in [0.1, 0.15) is 22.3 Å². The minimum Gasteiger partial charge on any atom is -0.456 e. The minimum atomic E-state index is -0.474. The first-order valence-corrected chi connectivity index (χ1v) is 22.0. The Morgan fingerprint density at radius 3 is 1.45 bits per heavy atom. The maximum absolute atomic E-state index is 6.90. The van der Waals surface area contributed by atoms with Crippen LogP contribution in [0.2, 0.25) is 0 Å². The first-order valence-electron chi connectivity index (χ1n) is 22.0. The van der Waals surface area contributed by atoms with Crippen molar-refractivity contribution in [1.82, 2.24) is 0 Å². The van der Waals surface area contributed by atoms with Crippen LogP contribution in [0.25, 0.3) is 88.4 Å². The van der Waals surface area contributed by atoms with Gasteiger partial charge in [-0.15, -0.1) is 0 Å². The summed E-state index contributed by atoms with van der Waals surface area (Å²) in [6.45, 7) is 0. The zero-order chi connectivity index (χ0) is 41.9. The lowest BCUT2D eigenvalue weighted by atomic mass is 9.70. The van der Waals surface area contributed by atoms with Crippen molar-refractivity contribution in [3.05, 3.63) is 247 Å². The molecule has 0 amide bonds. The van der Waals surface area contributed by atoms with Gasteiger partial charge in [0.15, 0.2) is 0 Å². The second-order valence-electron chi connectivity index (χ2n) is 17.1. The number of fused-ring (bicyclic) bond motifs is 16. The molecule has 3 heteroatoms. The van der Waals surface area contributed by atoms with E-state index in [1.54, 1.807) is 0 Å². The van der Waals surface area contributed by atoms with E-state index in [1.165, 1.54) is 55.6 Å². The van der Waals surface area contributed by atoms with E-state index in [2.05, 4.69) is 229 Å². The molecule has 0 N–H and O–H groups in total. The van der Waals surface area contributed by atoms with Gasteiger partial charge in [-0.3, -0.25) is 0 Å². The summed E-state index contributed by atoms with van der Waals surface area (Å²) in [6, 6.07) is 81.3. The largest absolute Gasteiger partial charge is 0.456 e. The lowest BCUT2D eigenvalue weighted by Crippen LogP contribution is -2.26. The Morgan fingerprint density at radius 1 is 0.312 bits per heavy atom. The molecule has 2 aliphatic rings. The van der Waals surface area contributed by atoms with Crippen molar-refractivity contribution in [1.29, 1.82) is 0 Å². The second-order valence-corrected chi connectivity index (χ2v) is 17.1. The third kappa shape index (κ3) is 4.76. The fourth-order valence-electron chi connectivity index (χ4n) is 11.3. The molecule has 0 saturated carbocycles. The van der Waals surface area contributed by atoms with E-state index in [-0.39, 0.29) is 0 Å². The summed E-state index contributed by atoms with van der Waals surface area (Å²) in [6.07, 6.45) is 0. The monoisotopic (exact) mass is 815 g/mol. The molecule has 2 aliphatic carbocycles. The van der Waals surface area contributed by atoms with Gasteiger partial charge in [0.2, 0.25) is 0 Å². The number of benzene rings is 10. The molecule has 0 unspecified atom stereocenters. The highest BCUT2D eigenvalue weighted by atomic mass is 16.3. The maximum Gasteiger partial charge on any atom is 0.137 e. The van der Waals surface area contributed by atoms with Crippen LogP contribution in [-0.4, -0.2) is 0 Å². The molecule has 3 nitrogen and oxygen atoms in total. The van der Waals surface area contributed by atoms with Gasteiger partial charge in [0, 0.05) is 27.4 Å². The number of hydrogen-bond acceptors (Lipinski definition) is 3. The van der Waals surface area contributed by atoms with Gasteiger partial charge in [0.25, 0.3) is 0 Å². The van der Waals surface area contributed by atoms with Crippen LogP contribution < -0.4 is 4.90 Å². The fourth-order valence-corrected chi connectivity index (χ4v) is 11.3. The molecule has 1 spiro atoms. The summed E-state index contributed by atoms with van der Waals surface area (Å²) in [7, 11) is 0. The third-order valence-corrected chi connectivity index (χ3v) is 13.9. The van der Waals surface area contributed by atoms with Gasteiger partial charge in [-0.2, -0.15) is 0 Å². The van der Waals surface area contributed by atoms with E-state index in [4.69, 9.17) is 8.83 Å². The Kier molecular flexibility index (Phi) is 7.32. The van der Waals surface area contributed by atoms with Crippen LogP contribution in [0, 0.1) is 0 Å². The van der Waals surface area contributed by atoms with Crippen LogP contribution in [0.4, 0.5) is 17.1 Å². The van der Waals surface area contributed by atoms with Crippen LogP contribution in [0.1, 0.15) is 22.3 Å². The average Bonchev–Trinajstić information content (AvgIpc) is 4.09. The Labute approximate surface area is 369 Å². The van der Waals surface area contributed by atoms with Crippen molar-refractivity contribution in [2.45, 2.75) is 5.41 Å². The molecule has 14 rings (SSSR count). The van der Waals surface area contributed by atoms with E-state index in [0.717, 1.165) is 72.1 Å². The predicted octanol–water partition coefficient (Wildman–Crippen LogP) is 16.6. The zero-order valence-corrected chi connectivity index (χ0v) is 34.6. The van der Waals surface area contributed by atoms with E-state index >= 15 is 0 Å². The van der Waals surface area contributed by atoms with Crippen molar-refractivity contribution in [2.24, 2.45) is 0 Å². The molecule has 2 aromatic heterocycles. The molecule has 0 aliphatic heterocycles. The first-order chi connectivity index (χ1) is 31.8. The highest BCUT2D eigenvalue weighted by Gasteiger charge is 2.52. The van der Waals surface area contributed by atoms with E-state index in [9.17, 15) is 0 Å². The Hall–Kier alpha value is -8.40. The minimum absolute atomic E-state index is 0.474. The Morgan fingerprint density at radius 2 is 0.781 bits per heavy atom. The molecule has 2 heterocycles. The summed E-state index contributed by atoms with van der Waals surface area (Å²) >= 11 is 0. The normalized spacial score (nSPS) is 13.1. The SMILES string of the molecule is c1ccc(-c2ccc(N(c3cccc4c3-c3ccccc3C43c4ccccc4-c4ccccc43)c3cccc4oc5cc6c(cc5c34)oc3cccc(-c4ccccc4)c36)cc2)cc1. The molecule has 0 bridgehead atoms. The number of furan rings is 2. The van der Waals surface area contributed by atoms with Gasteiger partial charge in [0.05, 0.1) is 22.2 Å². The predicted molar refractivity (Wildman–Crippen MR) is 263 cm³/mol. The topological polar surface area (TPSA) is 29.5 Å². The molecular weight excluding hydrogens is 779 g/mol. The molecule has 0 fully saturated rings. The van der Waals surface area contributed by atoms with Gasteiger partial charge >= 0.3 is 0 Å². The summed E-state index contributed by atoms with van der Waals surface area (Å²) in [5.74, 6) is 0. The fraction of sp³-hybridized carbons (Fsp3) is 0.0164. The number of rotatable bonds is 5. The van der Waals surface area contributed by atoms with Crippen LogP contribution in [-0.2, 0) is 5.41 Å². The smallest absolute Gasteiger partial charge is 0.137 e. The molecule has 0 atom stereocenters. The summed E-state index contributed by atoms with van der Waals surface area (Å²) < 4.78 is 13.6. The van der Waals surface area contributed by atoms with Crippen LogP contribution in [0.15, 0.2) is 233 Å². The van der Waals surface area contributed by atoms with Gasteiger partial charge in [-0.25, -0.2) is 0 Å². The summed E-state index contributed by atoms with van der Waals surface area (Å²) in [5.41, 5.74) is 21.0. The second kappa shape index (κ2) is 13.3. The lowest BCUT2D eigenvalue weighted by molar-refractivity contribution is 0.664. The lowest BCUT2D eigenvalue weighted by Gasteiger charge is -2.32. The maximum atomic E-state index is 6.90. The van der Waals surface area contributed by atoms with Crippen LogP contribution in [0.5, 0.6) is 0 Å². The van der Waals surface area contributed by atoms with Crippen LogP contribution in [0.3, 0.4) is 0 Å². The number of nitrogens with zero attached hydrogens (tertiary/aromatic N) is 1. The molecular formula is C61H37NO2. The molecule has 64 heavy (non-hydrogen) atoms. The molecule has 298 valence electrons. The Bertz CT molecular complexity index is 3790. The Balaban J connectivity index is 1.05. The van der Waals surface area contributed by atoms with Crippen molar-refractivity contribution in [2.75, 3.05) is 4.90 Å². The van der Waals surface area contributed by atoms with Gasteiger partial charge < -0.3 is 13.7 Å². The summed E-state index contributed by atoms with van der Waals surface area (Å²) in [4.78, 5) is 2.46. The van der Waals surface area contributed by atoms with Crippen molar-refractivity contribution in [3.63, 3.8) is 0 Å². The van der Waals surface area contributed by atoms with Crippen LogP contribution >= 0.6 is 0 Å². The molecule has 0 saturated heterocycles. The van der Waals surface area contributed by atoms with E-state index in [0.29, 0.717) is 0 Å². The third-order valence-electron chi connectivity index (χ3n) is 13.9. The highest BCUT2D eigenvalue weighted by Crippen LogP contribution is 2.65. The summed E-state index contributed by atoms with van der Waals surface area (Å²) in [5, 5.41) is 4.17. The van der Waals surface area contributed by atoms with Crippen molar-refractivity contribution in [3.8, 4) is 44.5 Å².